The maximum atomic E-state index is 14.4. The number of piperidine rings is 1. The fourth-order valence-electron chi connectivity index (χ4n) is 3.26. The maximum Gasteiger partial charge on any atom is 0.254 e. The number of nitrogens with zero attached hydrogens (tertiary/aromatic N) is 3. The number of rotatable bonds is 4. The Hall–Kier alpha value is -2.93. The Bertz CT molecular complexity index is 963. The minimum absolute atomic E-state index is 0.0694. The molecule has 6 nitrogen and oxygen atoms in total. The first-order valence-electron chi connectivity index (χ1n) is 8.87. The number of benzene rings is 1. The minimum Gasteiger partial charge on any atom is -0.472 e. The summed E-state index contributed by atoms with van der Waals surface area (Å²) in [4.78, 5) is 22.9. The number of amides is 1. The smallest absolute Gasteiger partial charge is 0.254 e. The minimum atomic E-state index is -0.552. The van der Waals surface area contributed by atoms with Crippen molar-refractivity contribution in [3.63, 3.8) is 0 Å². The third-order valence-corrected chi connectivity index (χ3v) is 4.77. The molecule has 1 aliphatic rings. The van der Waals surface area contributed by atoms with Crippen LogP contribution in [0, 0.1) is 5.82 Å². The van der Waals surface area contributed by atoms with Gasteiger partial charge in [0.25, 0.3) is 5.91 Å². The Morgan fingerprint density at radius 2 is 2.18 bits per heavy atom. The molecule has 0 aliphatic carbocycles. The molecule has 0 radical (unpaired) electrons. The zero-order valence-corrected chi connectivity index (χ0v) is 15.6. The topological polar surface area (TPSA) is 68.5 Å². The number of aromatic nitrogens is 2. The van der Waals surface area contributed by atoms with Gasteiger partial charge < -0.3 is 14.1 Å². The van der Waals surface area contributed by atoms with Crippen LogP contribution in [-0.2, 0) is 0 Å². The average molecular weight is 402 g/mol. The molecule has 1 unspecified atom stereocenters. The van der Waals surface area contributed by atoms with Gasteiger partial charge in [-0.15, -0.1) is 0 Å². The number of ether oxygens (including phenoxy) is 1. The summed E-state index contributed by atoms with van der Waals surface area (Å²) in [7, 11) is 0. The van der Waals surface area contributed by atoms with E-state index in [2.05, 4.69) is 9.97 Å². The van der Waals surface area contributed by atoms with Crippen LogP contribution >= 0.6 is 11.6 Å². The molecule has 3 aromatic rings. The van der Waals surface area contributed by atoms with Gasteiger partial charge in [0.1, 0.15) is 18.2 Å². The van der Waals surface area contributed by atoms with Crippen molar-refractivity contribution in [1.82, 2.24) is 14.9 Å². The lowest BCUT2D eigenvalue weighted by Gasteiger charge is -2.33. The number of carbonyl (C=O) groups is 1. The average Bonchev–Trinajstić information content (AvgIpc) is 3.23. The molecular weight excluding hydrogens is 385 g/mol. The molecule has 1 aromatic carbocycles. The summed E-state index contributed by atoms with van der Waals surface area (Å²) in [6.07, 6.45) is 5.64. The molecule has 1 fully saturated rings. The predicted molar refractivity (Wildman–Crippen MR) is 101 cm³/mol. The monoisotopic (exact) mass is 401 g/mol. The molecule has 0 saturated carbocycles. The van der Waals surface area contributed by atoms with Crippen LogP contribution in [0.5, 0.6) is 5.88 Å². The van der Waals surface area contributed by atoms with E-state index >= 15 is 0 Å². The highest BCUT2D eigenvalue weighted by atomic mass is 35.5. The highest BCUT2D eigenvalue weighted by Crippen LogP contribution is 2.28. The van der Waals surface area contributed by atoms with Crippen LogP contribution in [0.4, 0.5) is 4.39 Å². The van der Waals surface area contributed by atoms with Crippen molar-refractivity contribution in [2.75, 3.05) is 13.1 Å². The molecule has 1 aliphatic heterocycles. The second-order valence-electron chi connectivity index (χ2n) is 6.45. The van der Waals surface area contributed by atoms with Gasteiger partial charge in [0, 0.05) is 18.8 Å². The van der Waals surface area contributed by atoms with E-state index in [9.17, 15) is 9.18 Å². The van der Waals surface area contributed by atoms with Crippen molar-refractivity contribution in [2.24, 2.45) is 0 Å². The lowest BCUT2D eigenvalue weighted by Crippen LogP contribution is -2.44. The van der Waals surface area contributed by atoms with Gasteiger partial charge in [0.05, 0.1) is 28.9 Å². The van der Waals surface area contributed by atoms with Gasteiger partial charge in [-0.3, -0.25) is 4.79 Å². The molecule has 0 N–H and O–H groups in total. The highest BCUT2D eigenvalue weighted by molar-refractivity contribution is 6.30. The fourth-order valence-corrected chi connectivity index (χ4v) is 3.37. The summed E-state index contributed by atoms with van der Waals surface area (Å²) in [5.41, 5.74) is 0.285. The van der Waals surface area contributed by atoms with Crippen molar-refractivity contribution >= 4 is 17.5 Å². The number of oxazole rings is 1. The number of hydrogen-bond donors (Lipinski definition) is 0. The molecule has 0 spiro atoms. The van der Waals surface area contributed by atoms with E-state index in [0.717, 1.165) is 12.8 Å². The summed E-state index contributed by atoms with van der Waals surface area (Å²) in [5, 5.41) is 0.526. The molecule has 4 rings (SSSR count). The number of hydrogen-bond acceptors (Lipinski definition) is 5. The number of pyridine rings is 1. The molecular formula is C20H17ClFN3O3. The van der Waals surface area contributed by atoms with Gasteiger partial charge >= 0.3 is 0 Å². The van der Waals surface area contributed by atoms with Crippen molar-refractivity contribution in [1.29, 1.82) is 0 Å². The third kappa shape index (κ3) is 3.84. The van der Waals surface area contributed by atoms with E-state index in [0.29, 0.717) is 24.0 Å². The zero-order chi connectivity index (χ0) is 19.5. The van der Waals surface area contributed by atoms with Crippen LogP contribution in [0.3, 0.4) is 0 Å². The van der Waals surface area contributed by atoms with E-state index < -0.39 is 5.82 Å². The van der Waals surface area contributed by atoms with E-state index in [4.69, 9.17) is 20.8 Å². The summed E-state index contributed by atoms with van der Waals surface area (Å²) in [5.74, 6) is -0.305. The van der Waals surface area contributed by atoms with Crippen molar-refractivity contribution in [3.05, 3.63) is 65.4 Å². The van der Waals surface area contributed by atoms with Gasteiger partial charge in [-0.25, -0.2) is 14.4 Å². The van der Waals surface area contributed by atoms with Crippen molar-refractivity contribution in [2.45, 2.75) is 18.9 Å². The van der Waals surface area contributed by atoms with Crippen LogP contribution in [0.2, 0.25) is 5.02 Å². The zero-order valence-electron chi connectivity index (χ0n) is 14.8. The highest BCUT2D eigenvalue weighted by Gasteiger charge is 2.29. The summed E-state index contributed by atoms with van der Waals surface area (Å²) < 4.78 is 25.5. The molecule has 8 heteroatoms. The predicted octanol–water partition coefficient (Wildman–Crippen LogP) is 4.21. The maximum absolute atomic E-state index is 14.4. The van der Waals surface area contributed by atoms with E-state index in [1.807, 2.05) is 0 Å². The summed E-state index contributed by atoms with van der Waals surface area (Å²) in [6, 6.07) is 7.76. The Balaban J connectivity index is 1.54. The fraction of sp³-hybridized carbons (Fsp3) is 0.250. The van der Waals surface area contributed by atoms with E-state index in [1.54, 1.807) is 23.1 Å². The molecule has 144 valence electrons. The Labute approximate surface area is 165 Å². The van der Waals surface area contributed by atoms with Crippen LogP contribution in [0.15, 0.2) is 53.4 Å². The second kappa shape index (κ2) is 7.98. The number of likely N-dealkylation sites (tertiary alicyclic amines) is 1. The molecule has 0 bridgehead atoms. The first kappa shape index (κ1) is 18.4. The van der Waals surface area contributed by atoms with Crippen molar-refractivity contribution in [3.8, 4) is 17.3 Å². The quantitative estimate of drug-likeness (QED) is 0.655. The van der Waals surface area contributed by atoms with Gasteiger partial charge in [0.2, 0.25) is 11.8 Å². The van der Waals surface area contributed by atoms with Crippen LogP contribution < -0.4 is 4.74 Å². The van der Waals surface area contributed by atoms with Crippen LogP contribution in [0.1, 0.15) is 23.2 Å². The van der Waals surface area contributed by atoms with Gasteiger partial charge in [-0.05, 0) is 31.0 Å². The Morgan fingerprint density at radius 1 is 1.29 bits per heavy atom. The standard InChI is InChI=1S/C20H17ClFN3O3/c21-13-6-7-17(24-11-13)28-14-3-2-9-25(12-14)20(26)15-4-1-5-16(22)18(15)19-23-8-10-27-19/h1,4-8,10-11,14H,2-3,9,12H2. The van der Waals surface area contributed by atoms with E-state index in [-0.39, 0.29) is 29.0 Å². The largest absolute Gasteiger partial charge is 0.472 e. The molecule has 3 heterocycles. The summed E-state index contributed by atoms with van der Waals surface area (Å²) in [6.45, 7) is 0.943. The van der Waals surface area contributed by atoms with E-state index in [1.165, 1.54) is 30.8 Å². The Morgan fingerprint density at radius 3 is 2.93 bits per heavy atom. The molecule has 28 heavy (non-hydrogen) atoms. The third-order valence-electron chi connectivity index (χ3n) is 4.54. The number of carbonyl (C=O) groups excluding carboxylic acids is 1. The second-order valence-corrected chi connectivity index (χ2v) is 6.88. The SMILES string of the molecule is O=C(c1cccc(F)c1-c1ncco1)N1CCCC(Oc2ccc(Cl)cn2)C1. The molecule has 2 aromatic heterocycles. The molecule has 1 saturated heterocycles. The normalized spacial score (nSPS) is 16.8. The number of halogens is 2. The summed E-state index contributed by atoms with van der Waals surface area (Å²) >= 11 is 5.84. The first-order valence-corrected chi connectivity index (χ1v) is 9.25. The van der Waals surface area contributed by atoms with Gasteiger partial charge in [0.15, 0.2) is 0 Å². The van der Waals surface area contributed by atoms with Gasteiger partial charge in [-0.1, -0.05) is 17.7 Å². The van der Waals surface area contributed by atoms with Crippen LogP contribution in [0.25, 0.3) is 11.5 Å². The lowest BCUT2D eigenvalue weighted by atomic mass is 10.0. The molecule has 1 atom stereocenters. The molecule has 1 amide bonds. The van der Waals surface area contributed by atoms with Crippen molar-refractivity contribution < 1.29 is 18.3 Å². The Kier molecular flexibility index (Phi) is 5.25. The first-order chi connectivity index (χ1) is 13.6. The lowest BCUT2D eigenvalue weighted by molar-refractivity contribution is 0.0528. The van der Waals surface area contributed by atoms with Crippen LogP contribution in [-0.4, -0.2) is 40.0 Å². The van der Waals surface area contributed by atoms with Gasteiger partial charge in [-0.2, -0.15) is 0 Å².